The second-order valence-corrected chi connectivity index (χ2v) is 6.51. The lowest BCUT2D eigenvalue weighted by Crippen LogP contribution is -2.53. The number of rotatable bonds is 4. The summed E-state index contributed by atoms with van der Waals surface area (Å²) >= 11 is 0. The first-order valence-electron chi connectivity index (χ1n) is 8.40. The molecule has 4 nitrogen and oxygen atoms in total. The molecule has 3 N–H and O–H groups in total. The molecule has 0 bridgehead atoms. The van der Waals surface area contributed by atoms with Gasteiger partial charge in [0, 0.05) is 23.5 Å². The van der Waals surface area contributed by atoms with Crippen LogP contribution in [0.3, 0.4) is 0 Å². The van der Waals surface area contributed by atoms with Gasteiger partial charge in [-0.25, -0.2) is 0 Å². The van der Waals surface area contributed by atoms with Crippen LogP contribution in [-0.4, -0.2) is 28.9 Å². The second kappa shape index (κ2) is 7.14. The van der Waals surface area contributed by atoms with Crippen LogP contribution < -0.4 is 11.1 Å². The second-order valence-electron chi connectivity index (χ2n) is 6.51. The molecule has 1 aliphatic rings. The van der Waals surface area contributed by atoms with Crippen molar-refractivity contribution in [3.63, 3.8) is 0 Å². The largest absolute Gasteiger partial charge is 0.398 e. The van der Waals surface area contributed by atoms with Crippen molar-refractivity contribution in [2.75, 3.05) is 11.1 Å². The lowest BCUT2D eigenvalue weighted by atomic mass is 9.95. The zero-order valence-electron chi connectivity index (χ0n) is 14.2. The quantitative estimate of drug-likeness (QED) is 0.838. The fourth-order valence-electron chi connectivity index (χ4n) is 3.58. The van der Waals surface area contributed by atoms with Crippen molar-refractivity contribution in [3.8, 4) is 0 Å². The summed E-state index contributed by atoms with van der Waals surface area (Å²) in [5.41, 5.74) is 8.65. The molecule has 2 rings (SSSR count). The van der Waals surface area contributed by atoms with Crippen molar-refractivity contribution in [2.24, 2.45) is 0 Å². The molecule has 0 saturated carbocycles. The van der Waals surface area contributed by atoms with Crippen LogP contribution in [0.2, 0.25) is 0 Å². The van der Waals surface area contributed by atoms with Crippen molar-refractivity contribution in [2.45, 2.75) is 71.5 Å². The molecule has 0 spiro atoms. The van der Waals surface area contributed by atoms with Gasteiger partial charge < -0.3 is 11.1 Å². The summed E-state index contributed by atoms with van der Waals surface area (Å²) < 4.78 is 0. The van der Waals surface area contributed by atoms with E-state index >= 15 is 0 Å². The Morgan fingerprint density at radius 3 is 2.55 bits per heavy atom. The summed E-state index contributed by atoms with van der Waals surface area (Å²) in [5.74, 6) is 0.0456. The van der Waals surface area contributed by atoms with Gasteiger partial charge in [0.15, 0.2) is 0 Å². The Hall–Kier alpha value is -1.55. The molecule has 4 heteroatoms. The van der Waals surface area contributed by atoms with Crippen LogP contribution in [0, 0.1) is 0 Å². The molecule has 0 aliphatic carbocycles. The molecule has 1 aliphatic heterocycles. The SMILES string of the molecule is CCc1ccc(NC(=O)C(C)N2C(C)CCCC2C)cc1N. The Morgan fingerprint density at radius 2 is 2.00 bits per heavy atom. The molecular formula is C18H29N3O. The Bertz CT molecular complexity index is 519. The van der Waals surface area contributed by atoms with Crippen molar-refractivity contribution in [1.82, 2.24) is 4.90 Å². The van der Waals surface area contributed by atoms with Gasteiger partial charge in [-0.2, -0.15) is 0 Å². The number of hydrogen-bond donors (Lipinski definition) is 2. The van der Waals surface area contributed by atoms with Crippen molar-refractivity contribution in [1.29, 1.82) is 0 Å². The highest BCUT2D eigenvalue weighted by Gasteiger charge is 2.32. The van der Waals surface area contributed by atoms with Crippen LogP contribution in [0.5, 0.6) is 0 Å². The van der Waals surface area contributed by atoms with Crippen molar-refractivity contribution < 1.29 is 4.79 Å². The molecule has 1 aromatic carbocycles. The van der Waals surface area contributed by atoms with Gasteiger partial charge >= 0.3 is 0 Å². The molecule has 0 radical (unpaired) electrons. The molecule has 22 heavy (non-hydrogen) atoms. The number of nitrogens with one attached hydrogen (secondary N) is 1. The first kappa shape index (κ1) is 16.8. The van der Waals surface area contributed by atoms with Gasteiger partial charge in [-0.1, -0.05) is 19.4 Å². The lowest BCUT2D eigenvalue weighted by molar-refractivity contribution is -0.123. The first-order chi connectivity index (χ1) is 10.4. The van der Waals surface area contributed by atoms with E-state index in [4.69, 9.17) is 5.73 Å². The molecule has 1 heterocycles. The Labute approximate surface area is 134 Å². The van der Waals surface area contributed by atoms with E-state index in [9.17, 15) is 4.79 Å². The third kappa shape index (κ3) is 3.61. The highest BCUT2D eigenvalue weighted by Crippen LogP contribution is 2.26. The summed E-state index contributed by atoms with van der Waals surface area (Å²) in [6, 6.07) is 6.56. The molecule has 1 aromatic rings. The number of nitrogens with zero attached hydrogens (tertiary/aromatic N) is 1. The predicted octanol–water partition coefficient (Wildman–Crippen LogP) is 3.42. The normalized spacial score (nSPS) is 24.0. The number of aryl methyl sites for hydroxylation is 1. The van der Waals surface area contributed by atoms with Gasteiger partial charge in [0.05, 0.1) is 6.04 Å². The maximum absolute atomic E-state index is 12.6. The van der Waals surface area contributed by atoms with Gasteiger partial charge in [0.1, 0.15) is 0 Å². The fraction of sp³-hybridized carbons (Fsp3) is 0.611. The molecule has 1 fully saturated rings. The summed E-state index contributed by atoms with van der Waals surface area (Å²) in [5, 5.41) is 3.01. The van der Waals surface area contributed by atoms with E-state index in [0.29, 0.717) is 12.1 Å². The smallest absolute Gasteiger partial charge is 0.241 e. The minimum atomic E-state index is -0.127. The molecule has 122 valence electrons. The number of anilines is 2. The number of hydrogen-bond acceptors (Lipinski definition) is 3. The third-order valence-corrected chi connectivity index (χ3v) is 4.88. The number of carbonyl (C=O) groups excluding carboxylic acids is 1. The number of likely N-dealkylation sites (tertiary alicyclic amines) is 1. The highest BCUT2D eigenvalue weighted by atomic mass is 16.2. The van der Waals surface area contributed by atoms with E-state index in [1.807, 2.05) is 25.1 Å². The predicted molar refractivity (Wildman–Crippen MR) is 92.9 cm³/mol. The minimum absolute atomic E-state index is 0.0456. The zero-order chi connectivity index (χ0) is 16.3. The standard InChI is InChI=1S/C18H29N3O/c1-5-15-9-10-16(11-17(15)19)20-18(22)14(4)21-12(2)7-6-8-13(21)3/h9-14H,5-8,19H2,1-4H3,(H,20,22). The van der Waals surface area contributed by atoms with E-state index in [1.165, 1.54) is 19.3 Å². The summed E-state index contributed by atoms with van der Waals surface area (Å²) in [6.45, 7) is 8.50. The Morgan fingerprint density at radius 1 is 1.36 bits per heavy atom. The summed E-state index contributed by atoms with van der Waals surface area (Å²) in [6.07, 6.45) is 4.49. The summed E-state index contributed by atoms with van der Waals surface area (Å²) in [4.78, 5) is 14.9. The van der Waals surface area contributed by atoms with Gasteiger partial charge in [0.2, 0.25) is 5.91 Å². The van der Waals surface area contributed by atoms with Crippen LogP contribution in [0.15, 0.2) is 18.2 Å². The summed E-state index contributed by atoms with van der Waals surface area (Å²) in [7, 11) is 0. The van der Waals surface area contributed by atoms with Crippen LogP contribution in [0.1, 0.15) is 52.5 Å². The molecule has 3 unspecified atom stereocenters. The first-order valence-corrected chi connectivity index (χ1v) is 8.40. The van der Waals surface area contributed by atoms with Gasteiger partial charge in [-0.05, 0) is 57.7 Å². The fourth-order valence-corrected chi connectivity index (χ4v) is 3.58. The monoisotopic (exact) mass is 303 g/mol. The van der Waals surface area contributed by atoms with Crippen molar-refractivity contribution in [3.05, 3.63) is 23.8 Å². The third-order valence-electron chi connectivity index (χ3n) is 4.88. The van der Waals surface area contributed by atoms with Gasteiger partial charge in [0.25, 0.3) is 0 Å². The van der Waals surface area contributed by atoms with E-state index in [0.717, 1.165) is 23.4 Å². The number of benzene rings is 1. The maximum Gasteiger partial charge on any atom is 0.241 e. The average molecular weight is 303 g/mol. The number of amides is 1. The van der Waals surface area contributed by atoms with Crippen LogP contribution in [-0.2, 0) is 11.2 Å². The number of piperidine rings is 1. The lowest BCUT2D eigenvalue weighted by Gasteiger charge is -2.42. The molecule has 1 amide bonds. The molecule has 1 saturated heterocycles. The van der Waals surface area contributed by atoms with Gasteiger partial charge in [-0.3, -0.25) is 9.69 Å². The van der Waals surface area contributed by atoms with Crippen LogP contribution in [0.4, 0.5) is 11.4 Å². The molecule has 0 aromatic heterocycles. The minimum Gasteiger partial charge on any atom is -0.398 e. The zero-order valence-corrected chi connectivity index (χ0v) is 14.2. The molecular weight excluding hydrogens is 274 g/mol. The molecule has 3 atom stereocenters. The Balaban J connectivity index is 2.06. The van der Waals surface area contributed by atoms with Crippen molar-refractivity contribution >= 4 is 17.3 Å². The number of nitrogens with two attached hydrogens (primary N) is 1. The maximum atomic E-state index is 12.6. The topological polar surface area (TPSA) is 58.4 Å². The number of nitrogen functional groups attached to an aromatic ring is 1. The highest BCUT2D eigenvalue weighted by molar-refractivity contribution is 5.95. The van der Waals surface area contributed by atoms with E-state index in [2.05, 4.69) is 31.0 Å². The average Bonchev–Trinajstić information content (AvgIpc) is 2.47. The number of carbonyl (C=O) groups is 1. The Kier molecular flexibility index (Phi) is 5.46. The van der Waals surface area contributed by atoms with E-state index in [-0.39, 0.29) is 11.9 Å². The van der Waals surface area contributed by atoms with Crippen LogP contribution >= 0.6 is 0 Å². The van der Waals surface area contributed by atoms with E-state index < -0.39 is 0 Å². The van der Waals surface area contributed by atoms with E-state index in [1.54, 1.807) is 0 Å². The van der Waals surface area contributed by atoms with Gasteiger partial charge in [-0.15, -0.1) is 0 Å². The van der Waals surface area contributed by atoms with Crippen LogP contribution in [0.25, 0.3) is 0 Å².